The van der Waals surface area contributed by atoms with E-state index < -0.39 is 15.6 Å². The maximum Gasteiger partial charge on any atom is 0.211 e. The van der Waals surface area contributed by atoms with E-state index in [1.54, 1.807) is 18.6 Å². The molecule has 11 heteroatoms. The molecular formula is C25H23N7O3S. The van der Waals surface area contributed by atoms with Crippen molar-refractivity contribution < 1.29 is 13.2 Å². The second-order valence-corrected chi connectivity index (χ2v) is 11.4. The van der Waals surface area contributed by atoms with Crippen molar-refractivity contribution in [3.8, 4) is 33.8 Å². The van der Waals surface area contributed by atoms with Gasteiger partial charge in [0.2, 0.25) is 10.0 Å². The van der Waals surface area contributed by atoms with Crippen molar-refractivity contribution in [2.45, 2.75) is 18.9 Å². The Morgan fingerprint density at radius 1 is 1.08 bits per heavy atom. The van der Waals surface area contributed by atoms with Crippen molar-refractivity contribution >= 4 is 26.7 Å². The lowest BCUT2D eigenvalue weighted by Gasteiger charge is -2.47. The molecule has 3 aliphatic rings. The minimum absolute atomic E-state index is 0.0488. The highest BCUT2D eigenvalue weighted by atomic mass is 32.2. The Morgan fingerprint density at radius 2 is 1.92 bits per heavy atom. The molecule has 1 saturated heterocycles. The van der Waals surface area contributed by atoms with Gasteiger partial charge in [-0.05, 0) is 48.4 Å². The molecule has 5 heterocycles. The van der Waals surface area contributed by atoms with Crippen LogP contribution in [-0.4, -0.2) is 67.8 Å². The molecule has 6 rings (SSSR count). The second kappa shape index (κ2) is 8.04. The Morgan fingerprint density at radius 3 is 2.69 bits per heavy atom. The number of rotatable bonds is 6. The van der Waals surface area contributed by atoms with E-state index >= 15 is 0 Å². The number of carbonyl (C=O) groups excluding carboxylic acids is 1. The van der Waals surface area contributed by atoms with Gasteiger partial charge in [-0.15, -0.1) is 0 Å². The van der Waals surface area contributed by atoms with Crippen LogP contribution in [-0.2, 0) is 20.4 Å². The van der Waals surface area contributed by atoms with Crippen molar-refractivity contribution in [3.05, 3.63) is 61.2 Å². The Kier molecular flexibility index (Phi) is 5.02. The van der Waals surface area contributed by atoms with Crippen LogP contribution in [0.1, 0.15) is 13.3 Å². The third kappa shape index (κ3) is 3.76. The minimum Gasteiger partial charge on any atom is -0.346 e. The van der Waals surface area contributed by atoms with Crippen LogP contribution in [0.5, 0.6) is 0 Å². The summed E-state index contributed by atoms with van der Waals surface area (Å²) in [5.74, 6) is 0.771. The van der Waals surface area contributed by atoms with Crippen LogP contribution < -0.4 is 0 Å². The largest absolute Gasteiger partial charge is 0.346 e. The summed E-state index contributed by atoms with van der Waals surface area (Å²) in [7, 11) is -3.37. The summed E-state index contributed by atoms with van der Waals surface area (Å²) in [6.45, 7) is 1.81. The predicted molar refractivity (Wildman–Crippen MR) is 135 cm³/mol. The number of ketones is 1. The molecule has 0 saturated carbocycles. The average Bonchev–Trinajstić information content (AvgIpc) is 3.49. The third-order valence-corrected chi connectivity index (χ3v) is 7.84. The molecule has 0 atom stereocenters. The summed E-state index contributed by atoms with van der Waals surface area (Å²) in [5.41, 5.74) is 4.42. The minimum atomic E-state index is -3.37. The summed E-state index contributed by atoms with van der Waals surface area (Å²) in [6, 6.07) is 12.0. The molecule has 36 heavy (non-hydrogen) atoms. The Hall–Kier alpha value is -3.96. The fourth-order valence-electron chi connectivity index (χ4n) is 4.90. The molecular weight excluding hydrogens is 478 g/mol. The van der Waals surface area contributed by atoms with E-state index in [4.69, 9.17) is 5.10 Å². The van der Waals surface area contributed by atoms with Gasteiger partial charge in [-0.1, -0.05) is 6.07 Å². The zero-order valence-corrected chi connectivity index (χ0v) is 20.5. The molecule has 10 nitrogen and oxygen atoms in total. The van der Waals surface area contributed by atoms with E-state index in [0.717, 1.165) is 45.2 Å². The number of H-pyrrole nitrogens is 1. The summed E-state index contributed by atoms with van der Waals surface area (Å²) in [6.07, 6.45) is 8.40. The fraction of sp³-hybridized carbons (Fsp3) is 0.240. The van der Waals surface area contributed by atoms with Crippen molar-refractivity contribution in [2.24, 2.45) is 0 Å². The normalized spacial score (nSPS) is 15.8. The standard InChI is InChI=1S/C25H23N7O3S/c1-16(33)11-25(14-31(15-25)36(2,34)35)32-29-13-23(30-32)21-9-18(10-22-20(21)4-3-6-26-22)19-8-17-5-7-27-24(17)28-12-19/h3-10,12-13H,11,14-15H2,1-2H3,(H,27,28). The number of aromatic nitrogens is 6. The maximum absolute atomic E-state index is 12.1. The topological polar surface area (TPSA) is 127 Å². The summed E-state index contributed by atoms with van der Waals surface area (Å²) in [4.78, 5) is 25.7. The van der Waals surface area contributed by atoms with Gasteiger partial charge in [-0.25, -0.2) is 13.4 Å². The number of pyridine rings is 2. The molecule has 0 radical (unpaired) electrons. The average molecular weight is 502 g/mol. The lowest BCUT2D eigenvalue weighted by Crippen LogP contribution is -2.65. The molecule has 0 spiro atoms. The van der Waals surface area contributed by atoms with Gasteiger partial charge in [0.05, 0.1) is 18.0 Å². The molecule has 1 fully saturated rings. The number of hydrogen-bond acceptors (Lipinski definition) is 7. The molecule has 0 aliphatic carbocycles. The molecule has 182 valence electrons. The lowest BCUT2D eigenvalue weighted by atomic mass is 9.87. The first-order valence-electron chi connectivity index (χ1n) is 11.4. The van der Waals surface area contributed by atoms with Crippen molar-refractivity contribution in [1.29, 1.82) is 0 Å². The van der Waals surface area contributed by atoms with Gasteiger partial charge >= 0.3 is 0 Å². The Labute approximate surface area is 207 Å². The van der Waals surface area contributed by atoms with Crippen LogP contribution in [0.15, 0.2) is 61.2 Å². The number of nitrogens with zero attached hydrogens (tertiary/aromatic N) is 6. The number of fused-ring (bicyclic) bond motifs is 2. The lowest BCUT2D eigenvalue weighted by molar-refractivity contribution is -0.121. The number of hydrogen-bond donors (Lipinski definition) is 1. The monoisotopic (exact) mass is 501 g/mol. The summed E-state index contributed by atoms with van der Waals surface area (Å²) < 4.78 is 25.3. The zero-order valence-electron chi connectivity index (χ0n) is 19.7. The SMILES string of the molecule is CC(=O)CC1(n2ncc(-c3cc(-c4c[nH]c5nccc-5c4)cc4ncccc34)n2)CN(S(C)(=O)=O)C1. The van der Waals surface area contributed by atoms with Crippen molar-refractivity contribution in [3.63, 3.8) is 0 Å². The van der Waals surface area contributed by atoms with Crippen LogP contribution in [0, 0.1) is 0 Å². The number of benzene rings is 1. The Bertz CT molecular complexity index is 1700. The summed E-state index contributed by atoms with van der Waals surface area (Å²) in [5, 5.41) is 10.2. The molecule has 1 N–H and O–H groups in total. The van der Waals surface area contributed by atoms with Gasteiger partial charge < -0.3 is 4.98 Å². The van der Waals surface area contributed by atoms with Gasteiger partial charge in [-0.2, -0.15) is 19.3 Å². The summed E-state index contributed by atoms with van der Waals surface area (Å²) >= 11 is 0. The highest BCUT2D eigenvalue weighted by molar-refractivity contribution is 7.88. The van der Waals surface area contributed by atoms with Crippen LogP contribution in [0.4, 0.5) is 0 Å². The van der Waals surface area contributed by atoms with Gasteiger partial charge in [0.25, 0.3) is 0 Å². The zero-order chi connectivity index (χ0) is 25.1. The van der Waals surface area contributed by atoms with Crippen molar-refractivity contribution in [1.82, 2.24) is 34.3 Å². The van der Waals surface area contributed by atoms with E-state index in [-0.39, 0.29) is 25.3 Å². The van der Waals surface area contributed by atoms with Crippen LogP contribution in [0.3, 0.4) is 0 Å². The van der Waals surface area contributed by atoms with Crippen molar-refractivity contribution in [2.75, 3.05) is 19.3 Å². The number of nitrogens with one attached hydrogen (secondary N) is 1. The third-order valence-electron chi connectivity index (χ3n) is 6.64. The second-order valence-electron chi connectivity index (χ2n) is 9.38. The van der Waals surface area contributed by atoms with Gasteiger partial charge in [0, 0.05) is 54.6 Å². The van der Waals surface area contributed by atoms with E-state index in [9.17, 15) is 13.2 Å². The first kappa shape index (κ1) is 22.5. The first-order chi connectivity index (χ1) is 17.2. The highest BCUT2D eigenvalue weighted by Crippen LogP contribution is 2.37. The molecule has 0 bridgehead atoms. The molecule has 3 aromatic rings. The number of aromatic amines is 1. The maximum atomic E-state index is 12.1. The number of Topliss-reactive ketones (excluding diaryl/α,β-unsaturated/α-hetero) is 1. The number of sulfonamides is 1. The Balaban J connectivity index is 1.45. The first-order valence-corrected chi connectivity index (χ1v) is 13.3. The van der Waals surface area contributed by atoms with E-state index in [2.05, 4.69) is 26.1 Å². The van der Waals surface area contributed by atoms with E-state index in [0.29, 0.717) is 5.69 Å². The quantitative estimate of drug-likeness (QED) is 0.379. The fourth-order valence-corrected chi connectivity index (χ4v) is 5.85. The van der Waals surface area contributed by atoms with Gasteiger partial charge in [0.1, 0.15) is 22.8 Å². The van der Waals surface area contributed by atoms with Gasteiger partial charge in [-0.3, -0.25) is 9.78 Å². The molecule has 0 unspecified atom stereocenters. The highest BCUT2D eigenvalue weighted by Gasteiger charge is 2.50. The van der Waals surface area contributed by atoms with E-state index in [1.165, 1.54) is 16.0 Å². The molecule has 3 aliphatic heterocycles. The van der Waals surface area contributed by atoms with Crippen LogP contribution in [0.2, 0.25) is 0 Å². The molecule has 1 aromatic carbocycles. The predicted octanol–water partition coefficient (Wildman–Crippen LogP) is 2.94. The van der Waals surface area contributed by atoms with Crippen LogP contribution in [0.25, 0.3) is 44.7 Å². The van der Waals surface area contributed by atoms with Gasteiger partial charge in [0.15, 0.2) is 0 Å². The molecule has 0 amide bonds. The van der Waals surface area contributed by atoms with Crippen LogP contribution >= 0.6 is 0 Å². The smallest absolute Gasteiger partial charge is 0.211 e. The molecule has 2 aromatic heterocycles. The number of carbonyl (C=O) groups is 1. The van der Waals surface area contributed by atoms with E-state index in [1.807, 2.05) is 36.5 Å².